The average molecular weight is 663 g/mol. The Morgan fingerprint density at radius 2 is 1.67 bits per heavy atom. The van der Waals surface area contributed by atoms with Crippen molar-refractivity contribution < 1.29 is 33.4 Å². The Bertz CT molecular complexity index is 1680. The third-order valence-corrected chi connectivity index (χ3v) is 10.4. The van der Waals surface area contributed by atoms with Crippen LogP contribution in [0.5, 0.6) is 0 Å². The second-order valence-corrected chi connectivity index (χ2v) is 14.2. The summed E-state index contributed by atoms with van der Waals surface area (Å²) in [5, 5.41) is 13.9. The number of alkyl carbamates (subject to hydrolysis) is 1. The van der Waals surface area contributed by atoms with Gasteiger partial charge in [0.05, 0.1) is 12.1 Å². The summed E-state index contributed by atoms with van der Waals surface area (Å²) in [5.41, 5.74) is 6.25. The van der Waals surface area contributed by atoms with Crippen molar-refractivity contribution in [1.29, 1.82) is 0 Å². The van der Waals surface area contributed by atoms with E-state index in [4.69, 9.17) is 10.5 Å². The normalized spacial score (nSPS) is 25.1. The highest BCUT2D eigenvalue weighted by atomic mass is 19.1. The number of carbonyl (C=O) groups excluding carboxylic acids is 3. The monoisotopic (exact) mass is 662 g/mol. The molecule has 2 aliphatic rings. The fraction of sp³-hybridized carbons (Fsp3) is 0.514. The van der Waals surface area contributed by atoms with Crippen LogP contribution in [0.1, 0.15) is 99.8 Å². The van der Waals surface area contributed by atoms with E-state index in [1.54, 1.807) is 37.3 Å². The van der Waals surface area contributed by atoms with Crippen LogP contribution in [-0.4, -0.2) is 62.3 Å². The highest BCUT2D eigenvalue weighted by molar-refractivity contribution is 6.00. The Labute approximate surface area is 280 Å². The molecule has 1 aliphatic heterocycles. The third kappa shape index (κ3) is 6.26. The summed E-state index contributed by atoms with van der Waals surface area (Å²) in [7, 11) is 1.69. The molecule has 4 N–H and O–H groups in total. The topological polar surface area (TPSA) is 144 Å². The number of fused-ring (bicyclic) bond motifs is 1. The van der Waals surface area contributed by atoms with Crippen molar-refractivity contribution in [1.82, 2.24) is 14.8 Å². The van der Waals surface area contributed by atoms with Crippen LogP contribution >= 0.6 is 0 Å². The summed E-state index contributed by atoms with van der Waals surface area (Å²) in [4.78, 5) is 55.6. The number of rotatable bonds is 9. The first-order valence-corrected chi connectivity index (χ1v) is 16.8. The molecule has 10 nitrogen and oxygen atoms in total. The van der Waals surface area contributed by atoms with Gasteiger partial charge in [-0.3, -0.25) is 9.59 Å². The molecule has 2 fully saturated rings. The molecule has 0 spiro atoms. The first-order chi connectivity index (χ1) is 22.7. The Hall–Kier alpha value is -4.41. The summed E-state index contributed by atoms with van der Waals surface area (Å²) < 4.78 is 21.2. The number of aryl methyl sites for hydroxylation is 1. The number of carbonyl (C=O) groups is 4. The number of likely N-dealkylation sites (tertiary alicyclic amines) is 1. The molecule has 1 aromatic heterocycles. The van der Waals surface area contributed by atoms with Gasteiger partial charge in [-0.1, -0.05) is 55.5 Å². The van der Waals surface area contributed by atoms with Gasteiger partial charge < -0.3 is 30.4 Å². The highest BCUT2D eigenvalue weighted by Crippen LogP contribution is 2.56. The average Bonchev–Trinajstić information content (AvgIpc) is 3.56. The molecule has 5 rings (SSSR count). The number of amides is 3. The molecule has 2 aromatic carbocycles. The fourth-order valence-electron chi connectivity index (χ4n) is 8.27. The quantitative estimate of drug-likeness (QED) is 0.248. The van der Waals surface area contributed by atoms with E-state index in [2.05, 4.69) is 5.32 Å². The lowest BCUT2D eigenvalue weighted by Gasteiger charge is -2.44. The lowest BCUT2D eigenvalue weighted by molar-refractivity contribution is -0.151. The lowest BCUT2D eigenvalue weighted by Crippen LogP contribution is -2.60. The largest absolute Gasteiger partial charge is 0.477 e. The second-order valence-electron chi connectivity index (χ2n) is 14.2. The Morgan fingerprint density at radius 3 is 2.23 bits per heavy atom. The van der Waals surface area contributed by atoms with Crippen LogP contribution < -0.4 is 11.1 Å². The van der Waals surface area contributed by atoms with Crippen LogP contribution in [-0.2, 0) is 21.4 Å². The van der Waals surface area contributed by atoms with E-state index in [1.807, 2.05) is 61.5 Å². The van der Waals surface area contributed by atoms with Crippen molar-refractivity contribution in [2.45, 2.75) is 95.4 Å². The zero-order valence-corrected chi connectivity index (χ0v) is 28.4. The summed E-state index contributed by atoms with van der Waals surface area (Å²) in [6.07, 6.45) is 1.63. The van der Waals surface area contributed by atoms with Crippen LogP contribution in [0.2, 0.25) is 0 Å². The molecule has 0 radical (unpaired) electrons. The van der Waals surface area contributed by atoms with E-state index in [0.717, 1.165) is 5.56 Å². The SMILES string of the molecule is CC[C@@]1(C(N)=O)[C@@H](c2ccccc2)CC(c2c(C(=O)O)n(C)c3ccccc23)N1C(=O)C1CCC(C(CF)NC(=O)OC(C)(C)C)CC1. The number of nitrogens with zero attached hydrogens (tertiary/aromatic N) is 2. The number of aromatic carboxylic acids is 1. The number of hydrogen-bond donors (Lipinski definition) is 3. The van der Waals surface area contributed by atoms with Crippen molar-refractivity contribution in [3.05, 3.63) is 71.4 Å². The Balaban J connectivity index is 1.55. The first-order valence-electron chi connectivity index (χ1n) is 16.8. The number of carboxylic acids is 1. The van der Waals surface area contributed by atoms with E-state index < -0.39 is 59.7 Å². The number of alkyl halides is 1. The van der Waals surface area contributed by atoms with E-state index >= 15 is 0 Å². The number of halogens is 1. The maximum atomic E-state index is 14.9. The first kappa shape index (κ1) is 34.9. The van der Waals surface area contributed by atoms with E-state index in [-0.39, 0.29) is 23.9 Å². The summed E-state index contributed by atoms with van der Waals surface area (Å²) >= 11 is 0. The summed E-state index contributed by atoms with van der Waals surface area (Å²) in [6.45, 7) is 6.29. The van der Waals surface area contributed by atoms with Crippen LogP contribution in [0.4, 0.5) is 9.18 Å². The maximum absolute atomic E-state index is 14.9. The standard InChI is InChI=1S/C37H47FN4O6/c1-6-37(34(39)46)26(22-12-8-7-9-13-22)20-29(30-25-14-10-11-15-28(25)41(5)31(30)33(44)45)42(37)32(43)24-18-16-23(17-19-24)27(21-38)40-35(47)48-36(2,3)4/h7-15,23-24,26-27,29H,6,16-21H2,1-5H3,(H2,39,46)(H,40,47)(H,44,45)/t23?,24?,26-,27?,29?,37+/m1/s1. The number of hydrogen-bond acceptors (Lipinski definition) is 5. The van der Waals surface area contributed by atoms with Crippen LogP contribution in [0.3, 0.4) is 0 Å². The van der Waals surface area contributed by atoms with Gasteiger partial charge in [0.2, 0.25) is 11.8 Å². The molecule has 1 aliphatic carbocycles. The van der Waals surface area contributed by atoms with Crippen molar-refractivity contribution in [3.63, 3.8) is 0 Å². The van der Waals surface area contributed by atoms with Crippen molar-refractivity contribution in [2.24, 2.45) is 24.6 Å². The number of aromatic nitrogens is 1. The number of nitrogens with one attached hydrogen (secondary N) is 1. The molecular weight excluding hydrogens is 615 g/mol. The molecule has 2 heterocycles. The molecule has 1 saturated heterocycles. The van der Waals surface area contributed by atoms with Crippen LogP contribution in [0.25, 0.3) is 10.9 Å². The Morgan fingerprint density at radius 1 is 1.04 bits per heavy atom. The van der Waals surface area contributed by atoms with Gasteiger partial charge in [0, 0.05) is 35.3 Å². The van der Waals surface area contributed by atoms with Gasteiger partial charge in [-0.15, -0.1) is 0 Å². The maximum Gasteiger partial charge on any atom is 0.407 e. The van der Waals surface area contributed by atoms with E-state index in [0.29, 0.717) is 48.6 Å². The molecule has 4 atom stereocenters. The molecular formula is C37H47FN4O6. The van der Waals surface area contributed by atoms with E-state index in [9.17, 15) is 28.7 Å². The summed E-state index contributed by atoms with van der Waals surface area (Å²) in [6, 6.07) is 15.3. The number of benzene rings is 2. The van der Waals surface area contributed by atoms with E-state index in [1.165, 1.54) is 0 Å². The number of carboxylic acid groups (broad SMARTS) is 1. The molecule has 11 heteroatoms. The molecule has 1 saturated carbocycles. The molecule has 0 bridgehead atoms. The molecule has 3 amide bonds. The molecule has 48 heavy (non-hydrogen) atoms. The van der Waals surface area contributed by atoms with Gasteiger partial charge in [0.1, 0.15) is 23.5 Å². The minimum Gasteiger partial charge on any atom is -0.477 e. The van der Waals surface area contributed by atoms with Crippen LogP contribution in [0, 0.1) is 11.8 Å². The Kier molecular flexibility index (Phi) is 9.89. The number of primary amides is 1. The van der Waals surface area contributed by atoms with Gasteiger partial charge in [0.15, 0.2) is 0 Å². The second kappa shape index (κ2) is 13.6. The van der Waals surface area contributed by atoms with Crippen molar-refractivity contribution in [2.75, 3.05) is 6.67 Å². The minimum atomic E-state index is -1.42. The third-order valence-electron chi connectivity index (χ3n) is 10.4. The molecule has 2 unspecified atom stereocenters. The van der Waals surface area contributed by atoms with Gasteiger partial charge in [-0.25, -0.2) is 14.0 Å². The minimum absolute atomic E-state index is 0.0601. The van der Waals surface area contributed by atoms with Gasteiger partial charge in [-0.05, 0) is 76.8 Å². The zero-order valence-electron chi connectivity index (χ0n) is 28.4. The van der Waals surface area contributed by atoms with Gasteiger partial charge in [-0.2, -0.15) is 0 Å². The molecule has 258 valence electrons. The predicted molar refractivity (Wildman–Crippen MR) is 180 cm³/mol. The number of ether oxygens (including phenoxy) is 1. The van der Waals surface area contributed by atoms with Crippen molar-refractivity contribution >= 4 is 34.8 Å². The number of para-hydroxylation sites is 1. The van der Waals surface area contributed by atoms with Gasteiger partial charge >= 0.3 is 12.1 Å². The van der Waals surface area contributed by atoms with Crippen molar-refractivity contribution in [3.8, 4) is 0 Å². The fourth-order valence-corrected chi connectivity index (χ4v) is 8.27. The lowest BCUT2D eigenvalue weighted by atomic mass is 9.75. The smallest absolute Gasteiger partial charge is 0.407 e. The van der Waals surface area contributed by atoms with Crippen LogP contribution in [0.15, 0.2) is 54.6 Å². The number of nitrogens with two attached hydrogens (primary N) is 1. The van der Waals surface area contributed by atoms with Gasteiger partial charge in [0.25, 0.3) is 0 Å². The zero-order chi connectivity index (χ0) is 35.0. The highest BCUT2D eigenvalue weighted by Gasteiger charge is 2.60. The summed E-state index contributed by atoms with van der Waals surface area (Å²) in [5.74, 6) is -3.23. The molecule has 3 aromatic rings. The predicted octanol–water partition coefficient (Wildman–Crippen LogP) is 6.24.